The van der Waals surface area contributed by atoms with E-state index in [1.165, 1.54) is 0 Å². The molecule has 2 N–H and O–H groups in total. The van der Waals surface area contributed by atoms with E-state index in [1.807, 2.05) is 20.8 Å². The molecule has 0 spiro atoms. The Labute approximate surface area is 96.9 Å². The van der Waals surface area contributed by atoms with Crippen LogP contribution in [0, 0.1) is 0 Å². The Bertz CT molecular complexity index is 220. The second-order valence-electron chi connectivity index (χ2n) is 4.94. The van der Waals surface area contributed by atoms with Gasteiger partial charge in [0.25, 0.3) is 0 Å². The minimum Gasteiger partial charge on any atom is -0.444 e. The molecule has 1 fully saturated rings. The van der Waals surface area contributed by atoms with Gasteiger partial charge in [-0.25, -0.2) is 4.79 Å². The van der Waals surface area contributed by atoms with E-state index >= 15 is 0 Å². The highest BCUT2D eigenvalue weighted by Crippen LogP contribution is 2.06. The number of ether oxygens (including phenoxy) is 2. The Morgan fingerprint density at radius 2 is 2.31 bits per heavy atom. The van der Waals surface area contributed by atoms with E-state index in [0.717, 1.165) is 26.2 Å². The van der Waals surface area contributed by atoms with Crippen molar-refractivity contribution in [2.75, 3.05) is 26.3 Å². The van der Waals surface area contributed by atoms with Crippen LogP contribution in [-0.4, -0.2) is 44.0 Å². The number of rotatable bonds is 3. The van der Waals surface area contributed by atoms with Crippen LogP contribution in [0.15, 0.2) is 0 Å². The van der Waals surface area contributed by atoms with Gasteiger partial charge < -0.3 is 20.1 Å². The summed E-state index contributed by atoms with van der Waals surface area (Å²) in [5, 5.41) is 6.05. The van der Waals surface area contributed by atoms with Crippen LogP contribution in [0.3, 0.4) is 0 Å². The number of nitrogens with one attached hydrogen (secondary N) is 2. The monoisotopic (exact) mass is 230 g/mol. The lowest BCUT2D eigenvalue weighted by molar-refractivity contribution is 0.0508. The lowest BCUT2D eigenvalue weighted by atomic mass is 10.2. The first kappa shape index (κ1) is 13.3. The fraction of sp³-hybridized carbons (Fsp3) is 0.909. The topological polar surface area (TPSA) is 59.6 Å². The Balaban J connectivity index is 2.08. The molecule has 5 heteroatoms. The van der Waals surface area contributed by atoms with Gasteiger partial charge in [-0.15, -0.1) is 0 Å². The maximum Gasteiger partial charge on any atom is 0.407 e. The summed E-state index contributed by atoms with van der Waals surface area (Å²) in [5.74, 6) is 0. The molecule has 1 saturated heterocycles. The summed E-state index contributed by atoms with van der Waals surface area (Å²) >= 11 is 0. The maximum absolute atomic E-state index is 11.3. The van der Waals surface area contributed by atoms with Crippen molar-refractivity contribution in [1.29, 1.82) is 0 Å². The summed E-state index contributed by atoms with van der Waals surface area (Å²) in [7, 11) is 0. The van der Waals surface area contributed by atoms with Gasteiger partial charge in [0, 0.05) is 19.1 Å². The maximum atomic E-state index is 11.3. The molecular formula is C11H22N2O3. The molecule has 1 unspecified atom stereocenters. The van der Waals surface area contributed by atoms with Crippen LogP contribution < -0.4 is 10.6 Å². The summed E-state index contributed by atoms with van der Waals surface area (Å²) < 4.78 is 10.4. The Kier molecular flexibility index (Phi) is 5.02. The van der Waals surface area contributed by atoms with Crippen molar-refractivity contribution in [2.24, 2.45) is 0 Å². The zero-order valence-electron chi connectivity index (χ0n) is 10.3. The molecule has 0 bridgehead atoms. The number of carbonyl (C=O) groups excluding carboxylic acids is 1. The largest absolute Gasteiger partial charge is 0.444 e. The second kappa shape index (κ2) is 6.06. The SMILES string of the molecule is CC(C)(C)OC(=O)NCCC1COCCN1. The molecule has 1 atom stereocenters. The molecule has 0 radical (unpaired) electrons. The Morgan fingerprint density at radius 1 is 1.56 bits per heavy atom. The van der Waals surface area contributed by atoms with Gasteiger partial charge in [0.15, 0.2) is 0 Å². The minimum absolute atomic E-state index is 0.337. The van der Waals surface area contributed by atoms with Crippen LogP contribution in [0.25, 0.3) is 0 Å². The van der Waals surface area contributed by atoms with Crippen molar-refractivity contribution in [1.82, 2.24) is 10.6 Å². The fourth-order valence-electron chi connectivity index (χ4n) is 1.47. The molecule has 0 aromatic rings. The highest BCUT2D eigenvalue weighted by Gasteiger charge is 2.17. The highest BCUT2D eigenvalue weighted by atomic mass is 16.6. The van der Waals surface area contributed by atoms with E-state index < -0.39 is 5.60 Å². The standard InChI is InChI=1S/C11H22N2O3/c1-11(2,3)16-10(14)13-5-4-9-8-15-7-6-12-9/h9,12H,4-8H2,1-3H3,(H,13,14). The molecule has 16 heavy (non-hydrogen) atoms. The number of morpholine rings is 1. The van der Waals surface area contributed by atoms with Crippen LogP contribution >= 0.6 is 0 Å². The first-order chi connectivity index (χ1) is 7.47. The molecule has 1 aliphatic heterocycles. The lowest BCUT2D eigenvalue weighted by Gasteiger charge is -2.24. The predicted octanol–water partition coefficient (Wildman–Crippen LogP) is 0.890. The minimum atomic E-state index is -0.434. The van der Waals surface area contributed by atoms with Crippen LogP contribution in [-0.2, 0) is 9.47 Å². The number of alkyl carbamates (subject to hydrolysis) is 1. The van der Waals surface area contributed by atoms with Crippen molar-refractivity contribution in [3.8, 4) is 0 Å². The van der Waals surface area contributed by atoms with E-state index in [2.05, 4.69) is 10.6 Å². The fourth-order valence-corrected chi connectivity index (χ4v) is 1.47. The van der Waals surface area contributed by atoms with Gasteiger partial charge in [0.2, 0.25) is 0 Å². The molecule has 94 valence electrons. The molecule has 0 aromatic heterocycles. The normalized spacial score (nSPS) is 21.6. The summed E-state index contributed by atoms with van der Waals surface area (Å²) in [5.41, 5.74) is -0.434. The molecule has 0 aromatic carbocycles. The van der Waals surface area contributed by atoms with Gasteiger partial charge in [-0.1, -0.05) is 0 Å². The second-order valence-corrected chi connectivity index (χ2v) is 4.94. The van der Waals surface area contributed by atoms with Crippen LogP contribution in [0.5, 0.6) is 0 Å². The third-order valence-corrected chi connectivity index (χ3v) is 2.16. The number of amides is 1. The molecular weight excluding hydrogens is 208 g/mol. The van der Waals surface area contributed by atoms with Gasteiger partial charge in [0.05, 0.1) is 13.2 Å². The Morgan fingerprint density at radius 3 is 2.88 bits per heavy atom. The highest BCUT2D eigenvalue weighted by molar-refractivity contribution is 5.67. The van der Waals surface area contributed by atoms with Crippen LogP contribution in [0.1, 0.15) is 27.2 Å². The number of hydrogen-bond donors (Lipinski definition) is 2. The summed E-state index contributed by atoms with van der Waals surface area (Å²) in [6, 6.07) is 0.337. The molecule has 1 heterocycles. The van der Waals surface area contributed by atoms with Gasteiger partial charge >= 0.3 is 6.09 Å². The van der Waals surface area contributed by atoms with Gasteiger partial charge in [-0.05, 0) is 27.2 Å². The molecule has 0 saturated carbocycles. The zero-order valence-corrected chi connectivity index (χ0v) is 10.3. The third-order valence-electron chi connectivity index (χ3n) is 2.16. The quantitative estimate of drug-likeness (QED) is 0.756. The third kappa shape index (κ3) is 5.92. The smallest absolute Gasteiger partial charge is 0.407 e. The summed E-state index contributed by atoms with van der Waals surface area (Å²) in [6.45, 7) is 8.54. The van der Waals surface area contributed by atoms with Crippen LogP contribution in [0.2, 0.25) is 0 Å². The zero-order chi connectivity index (χ0) is 12.0. The van der Waals surface area contributed by atoms with E-state index in [4.69, 9.17) is 9.47 Å². The van der Waals surface area contributed by atoms with Gasteiger partial charge in [-0.2, -0.15) is 0 Å². The van der Waals surface area contributed by atoms with E-state index in [-0.39, 0.29) is 6.09 Å². The van der Waals surface area contributed by atoms with E-state index in [0.29, 0.717) is 12.6 Å². The van der Waals surface area contributed by atoms with Gasteiger partial charge in [0.1, 0.15) is 5.60 Å². The van der Waals surface area contributed by atoms with Crippen molar-refractivity contribution >= 4 is 6.09 Å². The van der Waals surface area contributed by atoms with Crippen LogP contribution in [0.4, 0.5) is 4.79 Å². The number of carbonyl (C=O) groups is 1. The first-order valence-electron chi connectivity index (χ1n) is 5.75. The molecule has 0 aliphatic carbocycles. The van der Waals surface area contributed by atoms with Crippen molar-refractivity contribution in [2.45, 2.75) is 38.8 Å². The predicted molar refractivity (Wildman–Crippen MR) is 61.5 cm³/mol. The lowest BCUT2D eigenvalue weighted by Crippen LogP contribution is -2.43. The van der Waals surface area contributed by atoms with Crippen molar-refractivity contribution < 1.29 is 14.3 Å². The average molecular weight is 230 g/mol. The summed E-state index contributed by atoms with van der Waals surface area (Å²) in [6.07, 6.45) is 0.503. The van der Waals surface area contributed by atoms with E-state index in [1.54, 1.807) is 0 Å². The number of hydrogen-bond acceptors (Lipinski definition) is 4. The van der Waals surface area contributed by atoms with Crippen molar-refractivity contribution in [3.05, 3.63) is 0 Å². The van der Waals surface area contributed by atoms with E-state index in [9.17, 15) is 4.79 Å². The van der Waals surface area contributed by atoms with Gasteiger partial charge in [-0.3, -0.25) is 0 Å². The summed E-state index contributed by atoms with van der Waals surface area (Å²) in [4.78, 5) is 11.3. The average Bonchev–Trinajstić information content (AvgIpc) is 2.16. The molecule has 1 aliphatic rings. The Hall–Kier alpha value is -0.810. The molecule has 1 rings (SSSR count). The molecule has 5 nitrogen and oxygen atoms in total. The first-order valence-corrected chi connectivity index (χ1v) is 5.75. The molecule has 1 amide bonds. The van der Waals surface area contributed by atoms with Crippen molar-refractivity contribution in [3.63, 3.8) is 0 Å².